The Morgan fingerprint density at radius 2 is 1.30 bits per heavy atom. The first-order chi connectivity index (χ1) is 21.2. The van der Waals surface area contributed by atoms with Gasteiger partial charge in [-0.1, -0.05) is 144 Å². The van der Waals surface area contributed by atoms with Crippen molar-refractivity contribution in [3.8, 4) is 11.1 Å². The van der Waals surface area contributed by atoms with Gasteiger partial charge >= 0.3 is 0 Å². The summed E-state index contributed by atoms with van der Waals surface area (Å²) in [5, 5.41) is 0. The third-order valence-electron chi connectivity index (χ3n) is 9.30. The molecule has 0 aliphatic heterocycles. The Hall–Kier alpha value is -2.86. The van der Waals surface area contributed by atoms with Gasteiger partial charge in [0.1, 0.15) is 0 Å². The summed E-state index contributed by atoms with van der Waals surface area (Å²) in [6, 6.07) is 14.6. The number of aryl methyl sites for hydroxylation is 2. The van der Waals surface area contributed by atoms with Crippen molar-refractivity contribution in [2.75, 3.05) is 0 Å². The van der Waals surface area contributed by atoms with Gasteiger partial charge in [-0.2, -0.15) is 0 Å². The topological polar surface area (TPSA) is 0 Å². The number of hydrogen-bond donors (Lipinski definition) is 0. The predicted molar refractivity (Wildman–Crippen MR) is 200 cm³/mol. The number of benzene rings is 2. The van der Waals surface area contributed by atoms with Gasteiger partial charge in [0, 0.05) is 5.92 Å². The molecule has 3 rings (SSSR count). The van der Waals surface area contributed by atoms with E-state index in [0.717, 1.165) is 23.5 Å². The third kappa shape index (κ3) is 13.0. The second kappa shape index (κ2) is 21.0. The zero-order valence-electron chi connectivity index (χ0n) is 29.3. The minimum Gasteiger partial charge on any atom is -0.0988 e. The van der Waals surface area contributed by atoms with Crippen molar-refractivity contribution >= 4 is 0 Å². The lowest BCUT2D eigenvalue weighted by molar-refractivity contribution is 0.499. The molecule has 240 valence electrons. The van der Waals surface area contributed by atoms with Crippen LogP contribution >= 0.6 is 0 Å². The van der Waals surface area contributed by atoms with Crippen molar-refractivity contribution in [1.82, 2.24) is 0 Å². The van der Waals surface area contributed by atoms with E-state index < -0.39 is 0 Å². The lowest BCUT2D eigenvalue weighted by Crippen LogP contribution is -2.06. The molecular formula is C44H64. The largest absolute Gasteiger partial charge is 0.0988 e. The highest BCUT2D eigenvalue weighted by Gasteiger charge is 2.17. The third-order valence-corrected chi connectivity index (χ3v) is 9.30. The Morgan fingerprint density at radius 3 is 1.77 bits per heavy atom. The SMILES string of the molecule is C=C(C)C(=C)CCCCc1cc(-c2ccc(C3C=CC(CC)CC3)cc2)cc(CCCCC)c1CCCCC.C=CC(=C)C. The second-order valence-electron chi connectivity index (χ2n) is 13.2. The van der Waals surface area contributed by atoms with Crippen LogP contribution in [0, 0.1) is 5.92 Å². The molecule has 0 bridgehead atoms. The maximum absolute atomic E-state index is 4.22. The predicted octanol–water partition coefficient (Wildman–Crippen LogP) is 13.9. The van der Waals surface area contributed by atoms with Crippen LogP contribution in [0.5, 0.6) is 0 Å². The van der Waals surface area contributed by atoms with Gasteiger partial charge in [-0.15, -0.1) is 0 Å². The van der Waals surface area contributed by atoms with E-state index in [1.807, 2.05) is 6.92 Å². The Labute approximate surface area is 273 Å². The van der Waals surface area contributed by atoms with Crippen molar-refractivity contribution in [2.24, 2.45) is 5.92 Å². The molecule has 1 aliphatic rings. The Balaban J connectivity index is 0.00000125. The fraction of sp³-hybridized carbons (Fsp3) is 0.500. The molecule has 1 aliphatic carbocycles. The van der Waals surface area contributed by atoms with Gasteiger partial charge in [-0.25, -0.2) is 0 Å². The maximum atomic E-state index is 4.22. The molecule has 0 heteroatoms. The average Bonchev–Trinajstić information content (AvgIpc) is 3.04. The van der Waals surface area contributed by atoms with Gasteiger partial charge in [0.2, 0.25) is 0 Å². The van der Waals surface area contributed by atoms with Gasteiger partial charge < -0.3 is 0 Å². The van der Waals surface area contributed by atoms with Crippen LogP contribution in [-0.2, 0) is 19.3 Å². The smallest absolute Gasteiger partial charge is 0.00182 e. The molecule has 0 N–H and O–H groups in total. The molecule has 0 radical (unpaired) electrons. The summed E-state index contributed by atoms with van der Waals surface area (Å²) in [7, 11) is 0. The zero-order valence-corrected chi connectivity index (χ0v) is 29.3. The molecule has 2 aromatic rings. The summed E-state index contributed by atoms with van der Waals surface area (Å²) in [5.74, 6) is 1.36. The summed E-state index contributed by atoms with van der Waals surface area (Å²) < 4.78 is 0. The highest BCUT2D eigenvalue weighted by atomic mass is 14.2. The first-order valence-corrected chi connectivity index (χ1v) is 17.8. The maximum Gasteiger partial charge on any atom is 0.00182 e. The van der Waals surface area contributed by atoms with Crippen LogP contribution < -0.4 is 0 Å². The van der Waals surface area contributed by atoms with Crippen LogP contribution in [0.25, 0.3) is 11.1 Å². The molecule has 0 aromatic heterocycles. The molecule has 0 fully saturated rings. The van der Waals surface area contributed by atoms with Crippen molar-refractivity contribution in [1.29, 1.82) is 0 Å². The van der Waals surface area contributed by atoms with Crippen molar-refractivity contribution in [3.05, 3.63) is 120 Å². The lowest BCUT2D eigenvalue weighted by Gasteiger charge is -2.22. The summed E-state index contributed by atoms with van der Waals surface area (Å²) in [6.07, 6.45) is 25.4. The van der Waals surface area contributed by atoms with Gasteiger partial charge in [0.15, 0.2) is 0 Å². The molecule has 2 atom stereocenters. The molecular weight excluding hydrogens is 528 g/mol. The van der Waals surface area contributed by atoms with Gasteiger partial charge in [-0.05, 0) is 124 Å². The first kappa shape index (κ1) is 37.3. The second-order valence-corrected chi connectivity index (χ2v) is 13.2. The summed E-state index contributed by atoms with van der Waals surface area (Å²) in [4.78, 5) is 0. The first-order valence-electron chi connectivity index (χ1n) is 17.8. The van der Waals surface area contributed by atoms with E-state index in [1.165, 1.54) is 112 Å². The highest BCUT2D eigenvalue weighted by molar-refractivity contribution is 5.67. The molecule has 2 aromatic carbocycles. The van der Waals surface area contributed by atoms with Crippen LogP contribution in [0.15, 0.2) is 97.7 Å². The molecule has 0 heterocycles. The van der Waals surface area contributed by atoms with E-state index >= 15 is 0 Å². The number of hydrogen-bond acceptors (Lipinski definition) is 0. The monoisotopic (exact) mass is 593 g/mol. The number of allylic oxidation sites excluding steroid dienone is 6. The molecule has 0 saturated heterocycles. The summed E-state index contributed by atoms with van der Waals surface area (Å²) >= 11 is 0. The quantitative estimate of drug-likeness (QED) is 0.0917. The minimum absolute atomic E-state index is 0.580. The molecule has 0 saturated carbocycles. The number of rotatable bonds is 18. The van der Waals surface area contributed by atoms with Crippen LogP contribution in [-0.4, -0.2) is 0 Å². The van der Waals surface area contributed by atoms with Crippen molar-refractivity contribution in [3.63, 3.8) is 0 Å². The zero-order chi connectivity index (χ0) is 32.3. The van der Waals surface area contributed by atoms with E-state index in [4.69, 9.17) is 0 Å². The van der Waals surface area contributed by atoms with E-state index in [1.54, 1.807) is 22.8 Å². The fourth-order valence-corrected chi connectivity index (χ4v) is 6.13. The minimum atomic E-state index is 0.580. The average molecular weight is 593 g/mol. The van der Waals surface area contributed by atoms with Gasteiger partial charge in [0.05, 0.1) is 0 Å². The van der Waals surface area contributed by atoms with E-state index in [0.29, 0.717) is 5.92 Å². The molecule has 2 unspecified atom stereocenters. The fourth-order valence-electron chi connectivity index (χ4n) is 6.13. The molecule has 0 amide bonds. The Kier molecular flexibility index (Phi) is 17.8. The van der Waals surface area contributed by atoms with Gasteiger partial charge in [-0.3, -0.25) is 0 Å². The van der Waals surface area contributed by atoms with Crippen molar-refractivity contribution in [2.45, 2.75) is 137 Å². The lowest BCUT2D eigenvalue weighted by atomic mass is 9.83. The van der Waals surface area contributed by atoms with Crippen LogP contribution in [0.1, 0.15) is 140 Å². The normalized spacial score (nSPS) is 15.8. The molecule has 0 nitrogen and oxygen atoms in total. The van der Waals surface area contributed by atoms with Crippen LogP contribution in [0.2, 0.25) is 0 Å². The van der Waals surface area contributed by atoms with Crippen molar-refractivity contribution < 1.29 is 0 Å². The van der Waals surface area contributed by atoms with Crippen LogP contribution in [0.3, 0.4) is 0 Å². The van der Waals surface area contributed by atoms with Gasteiger partial charge in [0.25, 0.3) is 0 Å². The van der Waals surface area contributed by atoms with E-state index in [9.17, 15) is 0 Å². The standard InChI is InChI=1S/C39H56.C5H8/c1-7-10-12-17-36-28-38(35-26-24-34(25-27-35)33-22-20-32(9-3)21-23-33)29-37(39(36)19-13-11-8-2)18-15-14-16-31(6)30(4)5;1-4-5(2)3/h20,22,24-29,32-33H,4,6-19,21,23H2,1-3,5H3;4H,1-2H2,3H3. The van der Waals surface area contributed by atoms with E-state index in [-0.39, 0.29) is 0 Å². The number of unbranched alkanes of at least 4 members (excludes halogenated alkanes) is 5. The Morgan fingerprint density at radius 1 is 0.727 bits per heavy atom. The Bertz CT molecular complexity index is 1200. The molecule has 0 spiro atoms. The van der Waals surface area contributed by atoms with E-state index in [2.05, 4.69) is 103 Å². The summed E-state index contributed by atoms with van der Waals surface area (Å²) in [6.45, 7) is 26.2. The summed E-state index contributed by atoms with van der Waals surface area (Å²) in [5.41, 5.74) is 12.5. The molecule has 44 heavy (non-hydrogen) atoms. The highest BCUT2D eigenvalue weighted by Crippen LogP contribution is 2.34. The van der Waals surface area contributed by atoms with Crippen LogP contribution in [0.4, 0.5) is 0 Å².